The summed E-state index contributed by atoms with van der Waals surface area (Å²) in [6.07, 6.45) is 3.73. The third kappa shape index (κ3) is 2.47. The van der Waals surface area contributed by atoms with E-state index >= 15 is 0 Å². The lowest BCUT2D eigenvalue weighted by Gasteiger charge is -2.11. The van der Waals surface area contributed by atoms with Crippen LogP contribution in [0.1, 0.15) is 43.7 Å². The van der Waals surface area contributed by atoms with Crippen LogP contribution in [0.5, 0.6) is 0 Å². The molecule has 1 fully saturated rings. The third-order valence-electron chi connectivity index (χ3n) is 2.64. The summed E-state index contributed by atoms with van der Waals surface area (Å²) in [5.74, 6) is 0.618. The summed E-state index contributed by atoms with van der Waals surface area (Å²) in [4.78, 5) is 8.56. The molecule has 88 valence electrons. The SMILES string of the molecule is CCCc1c(Cl)nc(C2CCCO2)nc1Cl. The minimum atomic E-state index is -0.0364. The van der Waals surface area contributed by atoms with E-state index in [1.807, 2.05) is 0 Å². The van der Waals surface area contributed by atoms with E-state index in [0.717, 1.165) is 37.9 Å². The summed E-state index contributed by atoms with van der Waals surface area (Å²) in [7, 11) is 0. The Morgan fingerprint density at radius 1 is 1.31 bits per heavy atom. The summed E-state index contributed by atoms with van der Waals surface area (Å²) < 4.78 is 5.51. The van der Waals surface area contributed by atoms with Crippen LogP contribution in [0.25, 0.3) is 0 Å². The minimum absolute atomic E-state index is 0.0364. The normalized spacial score (nSPS) is 20.3. The summed E-state index contributed by atoms with van der Waals surface area (Å²) >= 11 is 12.2. The standard InChI is InChI=1S/C11H14Cl2N2O/c1-2-4-7-9(12)14-11(15-10(7)13)8-5-3-6-16-8/h8H,2-6H2,1H3. The maximum atomic E-state index is 6.10. The molecule has 0 N–H and O–H groups in total. The Morgan fingerprint density at radius 2 is 2.00 bits per heavy atom. The summed E-state index contributed by atoms with van der Waals surface area (Å²) in [5.41, 5.74) is 0.840. The van der Waals surface area contributed by atoms with Gasteiger partial charge in [0, 0.05) is 12.2 Å². The van der Waals surface area contributed by atoms with Gasteiger partial charge in [0.1, 0.15) is 16.4 Å². The van der Waals surface area contributed by atoms with Gasteiger partial charge >= 0.3 is 0 Å². The van der Waals surface area contributed by atoms with Gasteiger partial charge in [-0.25, -0.2) is 9.97 Å². The summed E-state index contributed by atoms with van der Waals surface area (Å²) in [5, 5.41) is 0.930. The highest BCUT2D eigenvalue weighted by molar-refractivity contribution is 6.34. The molecule has 1 aliphatic heterocycles. The van der Waals surface area contributed by atoms with Gasteiger partial charge in [-0.3, -0.25) is 0 Å². The van der Waals surface area contributed by atoms with Crippen LogP contribution < -0.4 is 0 Å². The zero-order valence-electron chi connectivity index (χ0n) is 9.17. The molecule has 1 unspecified atom stereocenters. The zero-order valence-corrected chi connectivity index (χ0v) is 10.7. The molecule has 0 saturated carbocycles. The average molecular weight is 261 g/mol. The fraction of sp³-hybridized carbons (Fsp3) is 0.636. The number of halogens is 2. The van der Waals surface area contributed by atoms with Crippen molar-refractivity contribution in [2.75, 3.05) is 6.61 Å². The molecular formula is C11H14Cl2N2O. The first kappa shape index (κ1) is 12.1. The van der Waals surface area contributed by atoms with Crippen LogP contribution in [0.15, 0.2) is 0 Å². The molecule has 1 aromatic rings. The smallest absolute Gasteiger partial charge is 0.160 e. The fourth-order valence-corrected chi connectivity index (χ4v) is 2.42. The molecule has 0 amide bonds. The number of rotatable bonds is 3. The Hall–Kier alpha value is -0.380. The van der Waals surface area contributed by atoms with Crippen molar-refractivity contribution in [3.63, 3.8) is 0 Å². The van der Waals surface area contributed by atoms with Crippen molar-refractivity contribution >= 4 is 23.2 Å². The largest absolute Gasteiger partial charge is 0.370 e. The van der Waals surface area contributed by atoms with Crippen LogP contribution in [0.4, 0.5) is 0 Å². The van der Waals surface area contributed by atoms with Crippen molar-refractivity contribution in [2.24, 2.45) is 0 Å². The zero-order chi connectivity index (χ0) is 11.5. The molecule has 1 atom stereocenters. The number of aromatic nitrogens is 2. The van der Waals surface area contributed by atoms with Gasteiger partial charge in [0.25, 0.3) is 0 Å². The van der Waals surface area contributed by atoms with Gasteiger partial charge in [-0.2, -0.15) is 0 Å². The lowest BCUT2D eigenvalue weighted by Crippen LogP contribution is -2.06. The van der Waals surface area contributed by atoms with Crippen molar-refractivity contribution in [3.8, 4) is 0 Å². The lowest BCUT2D eigenvalue weighted by molar-refractivity contribution is 0.105. The van der Waals surface area contributed by atoms with E-state index < -0.39 is 0 Å². The average Bonchev–Trinajstić information content (AvgIpc) is 2.76. The monoisotopic (exact) mass is 260 g/mol. The van der Waals surface area contributed by atoms with E-state index in [-0.39, 0.29) is 6.10 Å². The van der Waals surface area contributed by atoms with Gasteiger partial charge < -0.3 is 4.74 Å². The van der Waals surface area contributed by atoms with Crippen molar-refractivity contribution in [1.29, 1.82) is 0 Å². The van der Waals surface area contributed by atoms with Crippen molar-refractivity contribution in [3.05, 3.63) is 21.7 Å². The van der Waals surface area contributed by atoms with Crippen molar-refractivity contribution < 1.29 is 4.74 Å². The van der Waals surface area contributed by atoms with Gasteiger partial charge in [0.2, 0.25) is 0 Å². The van der Waals surface area contributed by atoms with E-state index in [0.29, 0.717) is 16.1 Å². The highest BCUT2D eigenvalue weighted by Crippen LogP contribution is 2.30. The molecule has 2 heterocycles. The van der Waals surface area contributed by atoms with Crippen LogP contribution in [-0.4, -0.2) is 16.6 Å². The number of hydrogen-bond donors (Lipinski definition) is 0. The van der Waals surface area contributed by atoms with Gasteiger partial charge in [0.15, 0.2) is 5.82 Å². The number of nitrogens with zero attached hydrogens (tertiary/aromatic N) is 2. The maximum absolute atomic E-state index is 6.10. The van der Waals surface area contributed by atoms with Crippen LogP contribution in [0.3, 0.4) is 0 Å². The Labute approximate surface area is 105 Å². The Kier molecular flexibility index (Phi) is 4.00. The summed E-state index contributed by atoms with van der Waals surface area (Å²) in [6, 6.07) is 0. The molecule has 1 saturated heterocycles. The molecule has 0 bridgehead atoms. The van der Waals surface area contributed by atoms with E-state index in [2.05, 4.69) is 16.9 Å². The highest BCUT2D eigenvalue weighted by atomic mass is 35.5. The van der Waals surface area contributed by atoms with E-state index in [9.17, 15) is 0 Å². The Bertz CT molecular complexity index is 355. The first-order valence-electron chi connectivity index (χ1n) is 5.55. The lowest BCUT2D eigenvalue weighted by atomic mass is 10.2. The van der Waals surface area contributed by atoms with Crippen molar-refractivity contribution in [1.82, 2.24) is 9.97 Å². The predicted molar refractivity (Wildman–Crippen MR) is 64.0 cm³/mol. The third-order valence-corrected chi connectivity index (χ3v) is 3.27. The first-order chi connectivity index (χ1) is 7.72. The second-order valence-electron chi connectivity index (χ2n) is 3.89. The van der Waals surface area contributed by atoms with Crippen LogP contribution in [0.2, 0.25) is 10.3 Å². The van der Waals surface area contributed by atoms with E-state index in [4.69, 9.17) is 27.9 Å². The predicted octanol–water partition coefficient (Wildman–Crippen LogP) is 3.59. The molecule has 1 aliphatic rings. The molecule has 0 spiro atoms. The molecule has 0 aliphatic carbocycles. The molecule has 16 heavy (non-hydrogen) atoms. The Morgan fingerprint density at radius 3 is 2.50 bits per heavy atom. The van der Waals surface area contributed by atoms with E-state index in [1.54, 1.807) is 0 Å². The van der Waals surface area contributed by atoms with Crippen LogP contribution in [-0.2, 0) is 11.2 Å². The molecule has 0 radical (unpaired) electrons. The van der Waals surface area contributed by atoms with Crippen LogP contribution in [0, 0.1) is 0 Å². The Balaban J connectivity index is 2.28. The molecular weight excluding hydrogens is 247 g/mol. The number of ether oxygens (including phenoxy) is 1. The first-order valence-corrected chi connectivity index (χ1v) is 6.31. The van der Waals surface area contributed by atoms with Gasteiger partial charge in [-0.1, -0.05) is 36.5 Å². The molecule has 3 nitrogen and oxygen atoms in total. The molecule has 0 aromatic carbocycles. The van der Waals surface area contributed by atoms with E-state index in [1.165, 1.54) is 0 Å². The number of hydrogen-bond acceptors (Lipinski definition) is 3. The summed E-state index contributed by atoms with van der Waals surface area (Å²) in [6.45, 7) is 2.83. The maximum Gasteiger partial charge on any atom is 0.160 e. The van der Waals surface area contributed by atoms with Gasteiger partial charge in [-0.05, 0) is 19.3 Å². The molecule has 2 rings (SSSR count). The quantitative estimate of drug-likeness (QED) is 0.780. The minimum Gasteiger partial charge on any atom is -0.370 e. The second-order valence-corrected chi connectivity index (χ2v) is 4.61. The topological polar surface area (TPSA) is 35.0 Å². The molecule has 1 aromatic heterocycles. The highest BCUT2D eigenvalue weighted by Gasteiger charge is 2.22. The van der Waals surface area contributed by atoms with Crippen LogP contribution >= 0.6 is 23.2 Å². The second kappa shape index (κ2) is 5.30. The van der Waals surface area contributed by atoms with Crippen molar-refractivity contribution in [2.45, 2.75) is 38.7 Å². The molecule has 5 heteroatoms. The van der Waals surface area contributed by atoms with Gasteiger partial charge in [0.05, 0.1) is 0 Å². The van der Waals surface area contributed by atoms with Gasteiger partial charge in [-0.15, -0.1) is 0 Å². The fourth-order valence-electron chi connectivity index (χ4n) is 1.83.